The fraction of sp³-hybridized carbons (Fsp3) is 0.333. The topological polar surface area (TPSA) is 52.0 Å². The van der Waals surface area contributed by atoms with Crippen molar-refractivity contribution in [3.8, 4) is 0 Å². The molecule has 0 bridgehead atoms. The van der Waals surface area contributed by atoms with Crippen molar-refractivity contribution < 1.29 is 4.74 Å². The van der Waals surface area contributed by atoms with Crippen LogP contribution >= 0.6 is 0 Å². The van der Waals surface area contributed by atoms with Gasteiger partial charge in [-0.1, -0.05) is 6.07 Å². The summed E-state index contributed by atoms with van der Waals surface area (Å²) in [5.74, 6) is 0.853. The van der Waals surface area contributed by atoms with Gasteiger partial charge in [0, 0.05) is 45.0 Å². The molecule has 0 atom stereocenters. The molecular formula is C12H16N4O. The summed E-state index contributed by atoms with van der Waals surface area (Å²) in [5.41, 5.74) is 1.13. The lowest BCUT2D eigenvalue weighted by Gasteiger charge is -2.09. The van der Waals surface area contributed by atoms with E-state index in [1.807, 2.05) is 29.1 Å². The van der Waals surface area contributed by atoms with Crippen LogP contribution in [0.4, 0.5) is 5.95 Å². The second-order valence-electron chi connectivity index (χ2n) is 3.65. The van der Waals surface area contributed by atoms with Crippen LogP contribution in [0.3, 0.4) is 0 Å². The van der Waals surface area contributed by atoms with Crippen LogP contribution in [0, 0.1) is 0 Å². The van der Waals surface area contributed by atoms with Gasteiger partial charge in [-0.05, 0) is 11.6 Å². The summed E-state index contributed by atoms with van der Waals surface area (Å²) in [7, 11) is 1.69. The highest BCUT2D eigenvalue weighted by Crippen LogP contribution is 2.06. The minimum absolute atomic E-state index is 0.679. The Morgan fingerprint density at radius 1 is 1.41 bits per heavy atom. The molecule has 0 saturated carbocycles. The van der Waals surface area contributed by atoms with Crippen molar-refractivity contribution in [1.29, 1.82) is 0 Å². The summed E-state index contributed by atoms with van der Waals surface area (Å²) in [6.07, 6.45) is 7.32. The third-order valence-electron chi connectivity index (χ3n) is 2.43. The highest BCUT2D eigenvalue weighted by atomic mass is 16.5. The fourth-order valence-corrected chi connectivity index (χ4v) is 1.53. The first-order valence-corrected chi connectivity index (χ1v) is 5.53. The van der Waals surface area contributed by atoms with Crippen molar-refractivity contribution in [2.75, 3.05) is 19.0 Å². The lowest BCUT2D eigenvalue weighted by molar-refractivity contribution is 0.187. The minimum atomic E-state index is 0.679. The molecule has 0 aliphatic carbocycles. The smallest absolute Gasteiger partial charge is 0.203 e. The average molecular weight is 232 g/mol. The lowest BCUT2D eigenvalue weighted by atomic mass is 10.3. The maximum atomic E-state index is 5.05. The zero-order chi connectivity index (χ0) is 11.9. The molecule has 0 aliphatic rings. The van der Waals surface area contributed by atoms with E-state index < -0.39 is 0 Å². The second-order valence-corrected chi connectivity index (χ2v) is 3.65. The number of ether oxygens (including phenoxy) is 1. The fourth-order valence-electron chi connectivity index (χ4n) is 1.53. The number of nitrogens with one attached hydrogen (secondary N) is 1. The van der Waals surface area contributed by atoms with Crippen molar-refractivity contribution in [3.05, 3.63) is 42.5 Å². The number of imidazole rings is 1. The second kappa shape index (κ2) is 6.00. The summed E-state index contributed by atoms with van der Waals surface area (Å²) in [4.78, 5) is 8.33. The number of pyridine rings is 1. The summed E-state index contributed by atoms with van der Waals surface area (Å²) in [5, 5.41) is 3.27. The number of nitrogens with zero attached hydrogens (tertiary/aromatic N) is 3. The van der Waals surface area contributed by atoms with Gasteiger partial charge in [-0.2, -0.15) is 0 Å². The molecule has 2 aromatic rings. The first-order chi connectivity index (χ1) is 8.40. The van der Waals surface area contributed by atoms with Crippen LogP contribution in [0.2, 0.25) is 0 Å². The maximum absolute atomic E-state index is 5.05. The van der Waals surface area contributed by atoms with Crippen molar-refractivity contribution in [2.45, 2.75) is 13.1 Å². The van der Waals surface area contributed by atoms with E-state index in [1.165, 1.54) is 0 Å². The van der Waals surface area contributed by atoms with Gasteiger partial charge in [0.2, 0.25) is 5.95 Å². The third-order valence-corrected chi connectivity index (χ3v) is 2.43. The Balaban J connectivity index is 1.92. The zero-order valence-corrected chi connectivity index (χ0v) is 9.84. The number of hydrogen-bond donors (Lipinski definition) is 1. The summed E-state index contributed by atoms with van der Waals surface area (Å²) >= 11 is 0. The number of methoxy groups -OCH3 is 1. The Morgan fingerprint density at radius 3 is 3.12 bits per heavy atom. The first kappa shape index (κ1) is 11.6. The lowest BCUT2D eigenvalue weighted by Crippen LogP contribution is -2.10. The standard InChI is InChI=1S/C12H16N4O/c1-17-8-7-16-6-5-14-12(16)15-10-11-3-2-4-13-9-11/h2-6,9H,7-8,10H2,1H3,(H,14,15). The Morgan fingerprint density at radius 2 is 2.35 bits per heavy atom. The monoisotopic (exact) mass is 232 g/mol. The van der Waals surface area contributed by atoms with E-state index >= 15 is 0 Å². The molecule has 5 heteroatoms. The van der Waals surface area contributed by atoms with E-state index in [2.05, 4.69) is 15.3 Å². The number of aromatic nitrogens is 3. The molecular weight excluding hydrogens is 216 g/mol. The van der Waals surface area contributed by atoms with Crippen molar-refractivity contribution in [2.24, 2.45) is 0 Å². The molecule has 0 saturated heterocycles. The molecule has 0 spiro atoms. The molecule has 90 valence electrons. The molecule has 2 aromatic heterocycles. The number of rotatable bonds is 6. The highest BCUT2D eigenvalue weighted by Gasteiger charge is 2.01. The van der Waals surface area contributed by atoms with Crippen LogP contribution in [-0.4, -0.2) is 28.3 Å². The van der Waals surface area contributed by atoms with Crippen LogP contribution < -0.4 is 5.32 Å². The molecule has 5 nitrogen and oxygen atoms in total. The highest BCUT2D eigenvalue weighted by molar-refractivity contribution is 5.27. The maximum Gasteiger partial charge on any atom is 0.203 e. The molecule has 0 fully saturated rings. The van der Waals surface area contributed by atoms with E-state index in [0.717, 1.165) is 24.6 Å². The molecule has 0 aliphatic heterocycles. The normalized spacial score (nSPS) is 10.4. The largest absolute Gasteiger partial charge is 0.383 e. The van der Waals surface area contributed by atoms with Crippen molar-refractivity contribution in [3.63, 3.8) is 0 Å². The quantitative estimate of drug-likeness (QED) is 0.820. The molecule has 0 radical (unpaired) electrons. The predicted octanol–water partition coefficient (Wildman–Crippen LogP) is 1.54. The van der Waals surface area contributed by atoms with Gasteiger partial charge in [-0.3, -0.25) is 4.98 Å². The first-order valence-electron chi connectivity index (χ1n) is 5.53. The molecule has 2 heterocycles. The van der Waals surface area contributed by atoms with Crippen molar-refractivity contribution in [1.82, 2.24) is 14.5 Å². The Bertz CT molecular complexity index is 441. The summed E-state index contributed by atoms with van der Waals surface area (Å²) in [6, 6.07) is 3.96. The molecule has 0 amide bonds. The van der Waals surface area contributed by atoms with Gasteiger partial charge in [0.15, 0.2) is 0 Å². The predicted molar refractivity (Wildman–Crippen MR) is 65.7 cm³/mol. The van der Waals surface area contributed by atoms with Gasteiger partial charge < -0.3 is 14.6 Å². The SMILES string of the molecule is COCCn1ccnc1NCc1cccnc1. The number of anilines is 1. The minimum Gasteiger partial charge on any atom is -0.383 e. The van der Waals surface area contributed by atoms with Crippen molar-refractivity contribution >= 4 is 5.95 Å². The summed E-state index contributed by atoms with van der Waals surface area (Å²) in [6.45, 7) is 2.20. The number of hydrogen-bond acceptors (Lipinski definition) is 4. The van der Waals surface area contributed by atoms with E-state index in [1.54, 1.807) is 19.5 Å². The van der Waals surface area contributed by atoms with E-state index in [4.69, 9.17) is 4.74 Å². The van der Waals surface area contributed by atoms with Gasteiger partial charge in [0.05, 0.1) is 6.61 Å². The van der Waals surface area contributed by atoms with Gasteiger partial charge in [-0.25, -0.2) is 4.98 Å². The van der Waals surface area contributed by atoms with Gasteiger partial charge >= 0.3 is 0 Å². The molecule has 0 unspecified atom stereocenters. The van der Waals surface area contributed by atoms with Crippen LogP contribution in [0.15, 0.2) is 36.9 Å². The van der Waals surface area contributed by atoms with Crippen LogP contribution in [0.25, 0.3) is 0 Å². The van der Waals surface area contributed by atoms with Crippen LogP contribution in [0.1, 0.15) is 5.56 Å². The third kappa shape index (κ3) is 3.29. The molecule has 17 heavy (non-hydrogen) atoms. The van der Waals surface area contributed by atoms with Gasteiger partial charge in [0.1, 0.15) is 0 Å². The Labute approximate surface area is 100 Å². The Hall–Kier alpha value is -1.88. The average Bonchev–Trinajstić information content (AvgIpc) is 2.82. The summed E-state index contributed by atoms with van der Waals surface area (Å²) < 4.78 is 7.07. The van der Waals surface area contributed by atoms with E-state index in [0.29, 0.717) is 6.61 Å². The van der Waals surface area contributed by atoms with Gasteiger partial charge in [0.25, 0.3) is 0 Å². The van der Waals surface area contributed by atoms with E-state index in [-0.39, 0.29) is 0 Å². The zero-order valence-electron chi connectivity index (χ0n) is 9.84. The molecule has 1 N–H and O–H groups in total. The van der Waals surface area contributed by atoms with Crippen LogP contribution in [0.5, 0.6) is 0 Å². The van der Waals surface area contributed by atoms with Crippen LogP contribution in [-0.2, 0) is 17.8 Å². The Kier molecular flexibility index (Phi) is 4.10. The molecule has 2 rings (SSSR count). The van der Waals surface area contributed by atoms with E-state index in [9.17, 15) is 0 Å². The molecule has 0 aromatic carbocycles. The van der Waals surface area contributed by atoms with Gasteiger partial charge in [-0.15, -0.1) is 0 Å².